The number of aromatic nitrogens is 3. The summed E-state index contributed by atoms with van der Waals surface area (Å²) in [5.41, 5.74) is 1.80. The van der Waals surface area contributed by atoms with Gasteiger partial charge >= 0.3 is 0 Å². The van der Waals surface area contributed by atoms with Crippen molar-refractivity contribution in [2.24, 2.45) is 0 Å². The van der Waals surface area contributed by atoms with Crippen LogP contribution < -0.4 is 5.32 Å². The molecule has 2 aromatic carbocycles. The van der Waals surface area contributed by atoms with Crippen molar-refractivity contribution >= 4 is 29.3 Å². The first-order valence-electron chi connectivity index (χ1n) is 8.38. The summed E-state index contributed by atoms with van der Waals surface area (Å²) in [5, 5.41) is 12.2. The predicted molar refractivity (Wildman–Crippen MR) is 103 cm³/mol. The molecule has 1 heterocycles. The van der Waals surface area contributed by atoms with Crippen LogP contribution in [0.1, 0.15) is 23.7 Å². The third-order valence-electron chi connectivity index (χ3n) is 4.09. The van der Waals surface area contributed by atoms with E-state index in [-0.39, 0.29) is 11.2 Å². The van der Waals surface area contributed by atoms with Gasteiger partial charge in [-0.25, -0.2) is 0 Å². The lowest BCUT2D eigenvalue weighted by Gasteiger charge is -2.17. The lowest BCUT2D eigenvalue weighted by atomic mass is 10.1. The summed E-state index contributed by atoms with van der Waals surface area (Å²) < 4.78 is 1.84. The molecule has 1 aliphatic carbocycles. The van der Waals surface area contributed by atoms with Crippen LogP contribution in [0.25, 0.3) is 5.69 Å². The van der Waals surface area contributed by atoms with Crippen LogP contribution in [0.2, 0.25) is 5.02 Å². The molecule has 0 saturated heterocycles. The summed E-state index contributed by atoms with van der Waals surface area (Å²) in [5.74, 6) is 0.00402. The van der Waals surface area contributed by atoms with Crippen LogP contribution in [0, 0.1) is 0 Å². The minimum Gasteiger partial charge on any atom is -0.352 e. The Kier molecular flexibility index (Phi) is 4.95. The highest BCUT2D eigenvalue weighted by Crippen LogP contribution is 2.36. The first kappa shape index (κ1) is 17.1. The minimum absolute atomic E-state index is 0.00402. The van der Waals surface area contributed by atoms with Crippen LogP contribution in [-0.4, -0.2) is 26.7 Å². The molecule has 1 fully saturated rings. The van der Waals surface area contributed by atoms with Gasteiger partial charge in [-0.15, -0.1) is 10.2 Å². The van der Waals surface area contributed by atoms with E-state index in [4.69, 9.17) is 11.6 Å². The van der Waals surface area contributed by atoms with E-state index in [1.54, 1.807) is 6.33 Å². The van der Waals surface area contributed by atoms with Crippen molar-refractivity contribution in [3.8, 4) is 5.69 Å². The third kappa shape index (κ3) is 3.92. The molecule has 5 nitrogen and oxygen atoms in total. The zero-order chi connectivity index (χ0) is 17.9. The molecular formula is C19H17ClN4OS. The van der Waals surface area contributed by atoms with Gasteiger partial charge < -0.3 is 5.32 Å². The predicted octanol–water partition coefficient (Wildman–Crippen LogP) is 4.03. The SMILES string of the molecule is O=C(NC1CC1)C(Sc1nncn1-c1cccc(Cl)c1)c1ccccc1. The maximum Gasteiger partial charge on any atom is 0.238 e. The van der Waals surface area contributed by atoms with Crippen LogP contribution in [-0.2, 0) is 4.79 Å². The summed E-state index contributed by atoms with van der Waals surface area (Å²) in [6.07, 6.45) is 3.74. The smallest absolute Gasteiger partial charge is 0.238 e. The average Bonchev–Trinajstić information content (AvgIpc) is 3.34. The van der Waals surface area contributed by atoms with Crippen molar-refractivity contribution < 1.29 is 4.79 Å². The lowest BCUT2D eigenvalue weighted by Crippen LogP contribution is -2.29. The Morgan fingerprint density at radius 2 is 2.00 bits per heavy atom. The van der Waals surface area contributed by atoms with Gasteiger partial charge in [0.1, 0.15) is 11.6 Å². The van der Waals surface area contributed by atoms with Crippen molar-refractivity contribution in [2.75, 3.05) is 0 Å². The second kappa shape index (κ2) is 7.51. The molecule has 1 unspecified atom stereocenters. The van der Waals surface area contributed by atoms with Crippen LogP contribution in [0.3, 0.4) is 0 Å². The Balaban J connectivity index is 1.64. The lowest BCUT2D eigenvalue weighted by molar-refractivity contribution is -0.120. The first-order valence-corrected chi connectivity index (χ1v) is 9.64. The summed E-state index contributed by atoms with van der Waals surface area (Å²) >= 11 is 7.49. The van der Waals surface area contributed by atoms with Gasteiger partial charge in [0.15, 0.2) is 5.16 Å². The Hall–Kier alpha value is -2.31. The molecule has 0 aliphatic heterocycles. The normalized spacial score (nSPS) is 14.8. The molecule has 1 N–H and O–H groups in total. The van der Waals surface area contributed by atoms with E-state index in [1.807, 2.05) is 59.2 Å². The Labute approximate surface area is 160 Å². The quantitative estimate of drug-likeness (QED) is 0.652. The molecular weight excluding hydrogens is 368 g/mol. The van der Waals surface area contributed by atoms with E-state index in [2.05, 4.69) is 15.5 Å². The number of carbonyl (C=O) groups excluding carboxylic acids is 1. The number of amides is 1. The van der Waals surface area contributed by atoms with Crippen molar-refractivity contribution in [2.45, 2.75) is 29.3 Å². The maximum atomic E-state index is 12.8. The van der Waals surface area contributed by atoms with Gasteiger partial charge in [0.05, 0.1) is 5.69 Å². The molecule has 0 bridgehead atoms. The maximum absolute atomic E-state index is 12.8. The van der Waals surface area contributed by atoms with Crippen molar-refractivity contribution in [3.05, 3.63) is 71.5 Å². The molecule has 132 valence electrons. The number of carbonyl (C=O) groups is 1. The Morgan fingerprint density at radius 3 is 2.73 bits per heavy atom. The largest absolute Gasteiger partial charge is 0.352 e. The van der Waals surface area contributed by atoms with Gasteiger partial charge in [-0.1, -0.05) is 59.8 Å². The van der Waals surface area contributed by atoms with Crippen LogP contribution in [0.15, 0.2) is 66.1 Å². The molecule has 1 amide bonds. The van der Waals surface area contributed by atoms with Gasteiger partial charge in [-0.3, -0.25) is 9.36 Å². The van der Waals surface area contributed by atoms with E-state index in [1.165, 1.54) is 11.8 Å². The summed E-state index contributed by atoms with van der Waals surface area (Å²) in [6, 6.07) is 17.5. The standard InChI is InChI=1S/C19H17ClN4OS/c20-14-7-4-8-16(11-14)24-12-21-23-19(24)26-17(13-5-2-1-3-6-13)18(25)22-15-9-10-15/h1-8,11-12,15,17H,9-10H2,(H,22,25). The number of thioether (sulfide) groups is 1. The van der Waals surface area contributed by atoms with Gasteiger partial charge in [0, 0.05) is 11.1 Å². The molecule has 7 heteroatoms. The average molecular weight is 385 g/mol. The van der Waals surface area contributed by atoms with Gasteiger partial charge in [0.2, 0.25) is 5.91 Å². The molecule has 1 atom stereocenters. The fourth-order valence-corrected chi connectivity index (χ4v) is 3.84. The number of hydrogen-bond donors (Lipinski definition) is 1. The highest BCUT2D eigenvalue weighted by atomic mass is 35.5. The second-order valence-corrected chi connectivity index (χ2v) is 7.66. The number of nitrogens with one attached hydrogen (secondary N) is 1. The topological polar surface area (TPSA) is 59.8 Å². The summed E-state index contributed by atoms with van der Waals surface area (Å²) in [4.78, 5) is 12.8. The molecule has 0 spiro atoms. The zero-order valence-corrected chi connectivity index (χ0v) is 15.5. The zero-order valence-electron chi connectivity index (χ0n) is 13.9. The van der Waals surface area contributed by atoms with Crippen LogP contribution in [0.5, 0.6) is 0 Å². The Bertz CT molecular complexity index is 911. The van der Waals surface area contributed by atoms with Crippen molar-refractivity contribution in [1.29, 1.82) is 0 Å². The second-order valence-electron chi connectivity index (χ2n) is 6.15. The summed E-state index contributed by atoms with van der Waals surface area (Å²) in [7, 11) is 0. The molecule has 4 rings (SSSR count). The fourth-order valence-electron chi connectivity index (χ4n) is 2.62. The molecule has 0 radical (unpaired) electrons. The first-order chi connectivity index (χ1) is 12.7. The highest BCUT2D eigenvalue weighted by Gasteiger charge is 2.30. The van der Waals surface area contributed by atoms with E-state index in [0.717, 1.165) is 24.1 Å². The molecule has 3 aromatic rings. The van der Waals surface area contributed by atoms with Crippen molar-refractivity contribution in [1.82, 2.24) is 20.1 Å². The van der Waals surface area contributed by atoms with E-state index >= 15 is 0 Å². The third-order valence-corrected chi connectivity index (χ3v) is 5.54. The van der Waals surface area contributed by atoms with Gasteiger partial charge in [-0.05, 0) is 36.6 Å². The number of nitrogens with zero attached hydrogens (tertiary/aromatic N) is 3. The number of halogens is 1. The van der Waals surface area contributed by atoms with Crippen LogP contribution in [0.4, 0.5) is 0 Å². The van der Waals surface area contributed by atoms with Crippen LogP contribution >= 0.6 is 23.4 Å². The van der Waals surface area contributed by atoms with Crippen molar-refractivity contribution in [3.63, 3.8) is 0 Å². The van der Waals surface area contributed by atoms with E-state index < -0.39 is 0 Å². The molecule has 26 heavy (non-hydrogen) atoms. The molecule has 1 aliphatic rings. The minimum atomic E-state index is -0.390. The monoisotopic (exact) mass is 384 g/mol. The van der Waals surface area contributed by atoms with E-state index in [9.17, 15) is 4.79 Å². The summed E-state index contributed by atoms with van der Waals surface area (Å²) in [6.45, 7) is 0. The number of rotatable bonds is 6. The van der Waals surface area contributed by atoms with Gasteiger partial charge in [-0.2, -0.15) is 0 Å². The Morgan fingerprint density at radius 1 is 1.19 bits per heavy atom. The van der Waals surface area contributed by atoms with E-state index in [0.29, 0.717) is 16.2 Å². The molecule has 1 saturated carbocycles. The number of hydrogen-bond acceptors (Lipinski definition) is 4. The fraction of sp³-hybridized carbons (Fsp3) is 0.211. The number of benzene rings is 2. The van der Waals surface area contributed by atoms with Gasteiger partial charge in [0.25, 0.3) is 0 Å². The highest BCUT2D eigenvalue weighted by molar-refractivity contribution is 8.00. The molecule has 1 aromatic heterocycles.